The van der Waals surface area contributed by atoms with Gasteiger partial charge in [-0.2, -0.15) is 0 Å². The maximum absolute atomic E-state index is 12.6. The van der Waals surface area contributed by atoms with E-state index in [-0.39, 0.29) is 16.4 Å². The van der Waals surface area contributed by atoms with Gasteiger partial charge in [-0.3, -0.25) is 19.8 Å². The first kappa shape index (κ1) is 17.1. The van der Waals surface area contributed by atoms with Crippen molar-refractivity contribution in [3.05, 3.63) is 74.7 Å². The van der Waals surface area contributed by atoms with Crippen molar-refractivity contribution in [1.29, 1.82) is 0 Å². The van der Waals surface area contributed by atoms with Crippen molar-refractivity contribution in [3.8, 4) is 5.75 Å². The highest BCUT2D eigenvalue weighted by molar-refractivity contribution is 8.26. The lowest BCUT2D eigenvalue weighted by Gasteiger charge is -2.14. The maximum atomic E-state index is 12.6. The van der Waals surface area contributed by atoms with Crippen LogP contribution in [0.4, 0.5) is 5.69 Å². The number of benzene rings is 2. The van der Waals surface area contributed by atoms with E-state index >= 15 is 0 Å². The molecule has 0 saturated carbocycles. The van der Waals surface area contributed by atoms with Crippen LogP contribution >= 0.6 is 24.0 Å². The number of rotatable bonds is 4. The summed E-state index contributed by atoms with van der Waals surface area (Å²) < 4.78 is 0.387. The van der Waals surface area contributed by atoms with Gasteiger partial charge in [-0.05, 0) is 23.0 Å². The van der Waals surface area contributed by atoms with Gasteiger partial charge in [0.2, 0.25) is 0 Å². The Bertz CT molecular complexity index is 897. The second-order valence-electron chi connectivity index (χ2n) is 5.21. The summed E-state index contributed by atoms with van der Waals surface area (Å²) in [7, 11) is 0. The number of nitro benzene ring substituents is 1. The number of thioether (sulfide) groups is 1. The first-order valence-corrected chi connectivity index (χ1v) is 8.43. The molecule has 2 aromatic rings. The van der Waals surface area contributed by atoms with Gasteiger partial charge in [-0.1, -0.05) is 66.4 Å². The van der Waals surface area contributed by atoms with Crippen molar-refractivity contribution in [2.75, 3.05) is 0 Å². The number of nitrogens with zero attached hydrogens (tertiary/aromatic N) is 2. The van der Waals surface area contributed by atoms with Gasteiger partial charge < -0.3 is 5.11 Å². The normalized spacial score (nSPS) is 15.8. The van der Waals surface area contributed by atoms with Crippen molar-refractivity contribution in [3.63, 3.8) is 0 Å². The SMILES string of the molecule is O=C1/C(=C/c2cccc([N+](=O)[O-])c2[O-])SC(=S)N1Cc1ccccc1. The zero-order chi connectivity index (χ0) is 18.0. The van der Waals surface area contributed by atoms with Crippen molar-refractivity contribution >= 4 is 46.0 Å². The van der Waals surface area contributed by atoms with Crippen LogP contribution in [0.15, 0.2) is 53.4 Å². The molecule has 0 N–H and O–H groups in total. The summed E-state index contributed by atoms with van der Waals surface area (Å²) in [6, 6.07) is 13.4. The quantitative estimate of drug-likeness (QED) is 0.355. The average molecular weight is 371 g/mol. The van der Waals surface area contributed by atoms with E-state index in [2.05, 4.69) is 0 Å². The molecule has 1 saturated heterocycles. The molecule has 0 spiro atoms. The fourth-order valence-corrected chi connectivity index (χ4v) is 3.59. The third-order valence-corrected chi connectivity index (χ3v) is 4.94. The van der Waals surface area contributed by atoms with Crippen LogP contribution in [-0.2, 0) is 11.3 Å². The number of carbonyl (C=O) groups is 1. The van der Waals surface area contributed by atoms with E-state index < -0.39 is 16.4 Å². The molecule has 0 unspecified atom stereocenters. The molecule has 6 nitrogen and oxygen atoms in total. The fourth-order valence-electron chi connectivity index (χ4n) is 2.34. The number of carbonyl (C=O) groups excluding carboxylic acids is 1. The minimum Gasteiger partial charge on any atom is -0.867 e. The third-order valence-electron chi connectivity index (χ3n) is 3.57. The second kappa shape index (κ2) is 7.04. The average Bonchev–Trinajstić information content (AvgIpc) is 2.85. The lowest BCUT2D eigenvalue weighted by atomic mass is 10.1. The summed E-state index contributed by atoms with van der Waals surface area (Å²) in [5.74, 6) is -1.04. The summed E-state index contributed by atoms with van der Waals surface area (Å²) >= 11 is 6.33. The number of amides is 1. The molecule has 25 heavy (non-hydrogen) atoms. The topological polar surface area (TPSA) is 86.5 Å². The van der Waals surface area contributed by atoms with Crippen LogP contribution < -0.4 is 5.11 Å². The number of nitro groups is 1. The van der Waals surface area contributed by atoms with Crippen LogP contribution in [0.3, 0.4) is 0 Å². The van der Waals surface area contributed by atoms with Gasteiger partial charge >= 0.3 is 0 Å². The van der Waals surface area contributed by atoms with Crippen LogP contribution in [0, 0.1) is 10.1 Å². The third kappa shape index (κ3) is 3.54. The molecular weight excluding hydrogens is 360 g/mol. The minimum absolute atomic E-state index is 0.0920. The van der Waals surface area contributed by atoms with E-state index in [1.54, 1.807) is 0 Å². The van der Waals surface area contributed by atoms with Crippen LogP contribution in [0.2, 0.25) is 0 Å². The molecular formula is C17H11N2O4S2-. The van der Waals surface area contributed by atoms with E-state index in [1.807, 2.05) is 30.3 Å². The van der Waals surface area contributed by atoms with Gasteiger partial charge in [0, 0.05) is 6.07 Å². The molecule has 1 fully saturated rings. The van der Waals surface area contributed by atoms with E-state index in [4.69, 9.17) is 12.2 Å². The van der Waals surface area contributed by atoms with Crippen molar-refractivity contribution in [2.24, 2.45) is 0 Å². The lowest BCUT2D eigenvalue weighted by molar-refractivity contribution is -0.398. The lowest BCUT2D eigenvalue weighted by Crippen LogP contribution is -2.27. The molecule has 1 aliphatic heterocycles. The predicted molar refractivity (Wildman–Crippen MR) is 97.7 cm³/mol. The Hall–Kier alpha value is -2.71. The molecule has 126 valence electrons. The number of thiocarbonyl (C=S) groups is 1. The van der Waals surface area contributed by atoms with Crippen LogP contribution in [0.5, 0.6) is 5.75 Å². The van der Waals surface area contributed by atoms with Crippen molar-refractivity contribution < 1.29 is 14.8 Å². The molecule has 0 atom stereocenters. The predicted octanol–water partition coefficient (Wildman–Crippen LogP) is 3.07. The zero-order valence-corrected chi connectivity index (χ0v) is 14.4. The van der Waals surface area contributed by atoms with Gasteiger partial charge in [0.05, 0.1) is 16.4 Å². The molecule has 0 aromatic heterocycles. The minimum atomic E-state index is -0.736. The molecule has 3 rings (SSSR count). The molecule has 1 amide bonds. The first-order chi connectivity index (χ1) is 12.0. The summed E-state index contributed by atoms with van der Waals surface area (Å²) in [6.45, 7) is 0.335. The summed E-state index contributed by atoms with van der Waals surface area (Å²) in [4.78, 5) is 24.4. The van der Waals surface area contributed by atoms with E-state index in [1.165, 1.54) is 23.1 Å². The Morgan fingerprint density at radius 3 is 2.56 bits per heavy atom. The van der Waals surface area contributed by atoms with E-state index in [0.717, 1.165) is 23.4 Å². The first-order valence-electron chi connectivity index (χ1n) is 7.21. The van der Waals surface area contributed by atoms with Crippen molar-refractivity contribution in [1.82, 2.24) is 4.90 Å². The maximum Gasteiger partial charge on any atom is 0.266 e. The number of hydrogen-bond acceptors (Lipinski definition) is 6. The van der Waals surface area contributed by atoms with Gasteiger partial charge in [-0.15, -0.1) is 0 Å². The Morgan fingerprint density at radius 1 is 1.16 bits per heavy atom. The Morgan fingerprint density at radius 2 is 1.88 bits per heavy atom. The molecule has 0 bridgehead atoms. The fraction of sp³-hybridized carbons (Fsp3) is 0.0588. The molecule has 1 heterocycles. The van der Waals surface area contributed by atoms with Crippen molar-refractivity contribution in [2.45, 2.75) is 6.54 Å². The van der Waals surface area contributed by atoms with E-state index in [9.17, 15) is 20.0 Å². The van der Waals surface area contributed by atoms with Gasteiger partial charge in [0.25, 0.3) is 11.6 Å². The van der Waals surface area contributed by atoms with E-state index in [0.29, 0.717) is 10.9 Å². The van der Waals surface area contributed by atoms with Gasteiger partial charge in [0.15, 0.2) is 0 Å². The zero-order valence-electron chi connectivity index (χ0n) is 12.7. The Labute approximate surface area is 152 Å². The summed E-state index contributed by atoms with van der Waals surface area (Å²) in [5, 5.41) is 23.0. The highest BCUT2D eigenvalue weighted by atomic mass is 32.2. The highest BCUT2D eigenvalue weighted by Crippen LogP contribution is 2.36. The number of para-hydroxylation sites is 1. The number of hydrogen-bond donors (Lipinski definition) is 0. The van der Waals surface area contributed by atoms with Crippen LogP contribution in [0.1, 0.15) is 11.1 Å². The molecule has 0 aliphatic carbocycles. The molecule has 0 radical (unpaired) electrons. The monoisotopic (exact) mass is 371 g/mol. The van der Waals surface area contributed by atoms with Crippen LogP contribution in [0.25, 0.3) is 6.08 Å². The van der Waals surface area contributed by atoms with Gasteiger partial charge in [0.1, 0.15) is 4.32 Å². The Kier molecular flexibility index (Phi) is 4.82. The largest absolute Gasteiger partial charge is 0.867 e. The van der Waals surface area contributed by atoms with Crippen LogP contribution in [-0.4, -0.2) is 20.1 Å². The molecule has 2 aromatic carbocycles. The van der Waals surface area contributed by atoms with Gasteiger partial charge in [-0.25, -0.2) is 0 Å². The molecule has 8 heteroatoms. The Balaban J connectivity index is 1.88. The molecule has 1 aliphatic rings. The standard InChI is InChI=1S/C17H12N2O4S2/c20-15-12(7-4-8-13(15)19(22)23)9-14-16(21)18(17(24)25-14)10-11-5-2-1-3-6-11/h1-9,20H,10H2/p-1/b14-9-. The second-order valence-corrected chi connectivity index (χ2v) is 6.88. The smallest absolute Gasteiger partial charge is 0.266 e. The summed E-state index contributed by atoms with van der Waals surface area (Å²) in [5.41, 5.74) is 0.503. The summed E-state index contributed by atoms with van der Waals surface area (Å²) in [6.07, 6.45) is 1.36. The highest BCUT2D eigenvalue weighted by Gasteiger charge is 2.32.